The van der Waals surface area contributed by atoms with E-state index in [4.69, 9.17) is 16.7 Å². The summed E-state index contributed by atoms with van der Waals surface area (Å²) >= 11 is 5.77. The van der Waals surface area contributed by atoms with Crippen LogP contribution in [0.3, 0.4) is 0 Å². The first-order chi connectivity index (χ1) is 6.79. The zero-order valence-electron chi connectivity index (χ0n) is 7.63. The molecule has 3 N–H and O–H groups in total. The molecule has 0 saturated heterocycles. The lowest BCUT2D eigenvalue weighted by Gasteiger charge is -2.26. The van der Waals surface area contributed by atoms with Crippen molar-refractivity contribution in [3.8, 4) is 0 Å². The third-order valence-corrected chi connectivity index (χ3v) is 2.43. The molecule has 0 aromatic carbocycles. The molecule has 0 radical (unpaired) electrons. The summed E-state index contributed by atoms with van der Waals surface area (Å²) in [4.78, 5) is 4.16. The summed E-state index contributed by atoms with van der Waals surface area (Å²) in [7, 11) is 0. The standard InChI is InChI=1S/C9H12ClN3O/c10-8-2-1-7-9(13-8)12-6(3-4-14)5-11-7/h1-2,6,11,14H,3-5H2,(H,12,13)/t6-/m0/s1. The lowest BCUT2D eigenvalue weighted by atomic mass is 10.1. The van der Waals surface area contributed by atoms with Gasteiger partial charge in [0.25, 0.3) is 0 Å². The molecule has 1 aliphatic heterocycles. The molecular weight excluding hydrogens is 202 g/mol. The maximum Gasteiger partial charge on any atom is 0.151 e. The number of hydrogen-bond donors (Lipinski definition) is 3. The molecule has 0 spiro atoms. The highest BCUT2D eigenvalue weighted by Gasteiger charge is 2.17. The molecule has 1 aromatic heterocycles. The molecule has 5 heteroatoms. The van der Waals surface area contributed by atoms with Gasteiger partial charge in [-0.15, -0.1) is 0 Å². The van der Waals surface area contributed by atoms with Gasteiger partial charge in [0.1, 0.15) is 5.15 Å². The van der Waals surface area contributed by atoms with Gasteiger partial charge in [0.2, 0.25) is 0 Å². The molecule has 0 amide bonds. The molecule has 76 valence electrons. The van der Waals surface area contributed by atoms with Crippen molar-refractivity contribution in [1.29, 1.82) is 0 Å². The molecule has 0 unspecified atom stereocenters. The van der Waals surface area contributed by atoms with Crippen LogP contribution in [-0.4, -0.2) is 29.3 Å². The van der Waals surface area contributed by atoms with E-state index < -0.39 is 0 Å². The Labute approximate surface area is 87.3 Å². The van der Waals surface area contributed by atoms with Gasteiger partial charge >= 0.3 is 0 Å². The number of aliphatic hydroxyl groups is 1. The number of aromatic nitrogens is 1. The minimum absolute atomic E-state index is 0.176. The summed E-state index contributed by atoms with van der Waals surface area (Å²) in [6.07, 6.45) is 0.709. The summed E-state index contributed by atoms with van der Waals surface area (Å²) < 4.78 is 0. The van der Waals surface area contributed by atoms with E-state index in [0.717, 1.165) is 18.1 Å². The number of fused-ring (bicyclic) bond motifs is 1. The summed E-state index contributed by atoms with van der Waals surface area (Å²) in [5, 5.41) is 15.7. The van der Waals surface area contributed by atoms with Crippen molar-refractivity contribution in [1.82, 2.24) is 4.98 Å². The predicted molar refractivity (Wildman–Crippen MR) is 56.9 cm³/mol. The summed E-state index contributed by atoms with van der Waals surface area (Å²) in [5.41, 5.74) is 0.962. The van der Waals surface area contributed by atoms with Gasteiger partial charge in [-0.1, -0.05) is 11.6 Å². The van der Waals surface area contributed by atoms with Crippen molar-refractivity contribution < 1.29 is 5.11 Å². The minimum atomic E-state index is 0.176. The molecule has 4 nitrogen and oxygen atoms in total. The van der Waals surface area contributed by atoms with E-state index >= 15 is 0 Å². The van der Waals surface area contributed by atoms with Crippen molar-refractivity contribution >= 4 is 23.1 Å². The largest absolute Gasteiger partial charge is 0.396 e. The Morgan fingerprint density at radius 2 is 2.43 bits per heavy atom. The van der Waals surface area contributed by atoms with Gasteiger partial charge in [-0.05, 0) is 18.6 Å². The molecule has 1 aromatic rings. The van der Waals surface area contributed by atoms with Crippen LogP contribution >= 0.6 is 11.6 Å². The molecular formula is C9H12ClN3O. The Morgan fingerprint density at radius 1 is 1.57 bits per heavy atom. The average Bonchev–Trinajstić information content (AvgIpc) is 2.17. The SMILES string of the molecule is OCC[C@H]1CNc2ccc(Cl)nc2N1. The Kier molecular flexibility index (Phi) is 2.74. The highest BCUT2D eigenvalue weighted by Crippen LogP contribution is 2.26. The number of nitrogens with zero attached hydrogens (tertiary/aromatic N) is 1. The van der Waals surface area contributed by atoms with Crippen LogP contribution in [0.15, 0.2) is 12.1 Å². The van der Waals surface area contributed by atoms with Crippen LogP contribution in [0.5, 0.6) is 0 Å². The number of aliphatic hydroxyl groups excluding tert-OH is 1. The van der Waals surface area contributed by atoms with Gasteiger partial charge in [0, 0.05) is 19.2 Å². The lowest BCUT2D eigenvalue weighted by Crippen LogP contribution is -2.34. The molecule has 1 aliphatic rings. The number of rotatable bonds is 2. The van der Waals surface area contributed by atoms with Gasteiger partial charge in [-0.25, -0.2) is 4.98 Å². The fourth-order valence-electron chi connectivity index (χ4n) is 1.50. The summed E-state index contributed by atoms with van der Waals surface area (Å²) in [5.74, 6) is 0.766. The van der Waals surface area contributed by atoms with Gasteiger partial charge in [-0.3, -0.25) is 0 Å². The third-order valence-electron chi connectivity index (χ3n) is 2.22. The Bertz CT molecular complexity index is 332. The molecule has 0 bridgehead atoms. The fourth-order valence-corrected chi connectivity index (χ4v) is 1.64. The zero-order chi connectivity index (χ0) is 9.97. The van der Waals surface area contributed by atoms with E-state index in [1.165, 1.54) is 0 Å². The van der Waals surface area contributed by atoms with E-state index in [1.807, 2.05) is 6.07 Å². The molecule has 14 heavy (non-hydrogen) atoms. The third kappa shape index (κ3) is 1.91. The highest BCUT2D eigenvalue weighted by atomic mass is 35.5. The molecule has 2 rings (SSSR count). The van der Waals surface area contributed by atoms with E-state index in [2.05, 4.69) is 15.6 Å². The fraction of sp³-hybridized carbons (Fsp3) is 0.444. The zero-order valence-corrected chi connectivity index (χ0v) is 8.38. The normalized spacial score (nSPS) is 19.4. The second-order valence-corrected chi connectivity index (χ2v) is 3.65. The van der Waals surface area contributed by atoms with Crippen molar-refractivity contribution in [3.63, 3.8) is 0 Å². The Hall–Kier alpha value is -1.00. The van der Waals surface area contributed by atoms with Gasteiger partial charge in [0.05, 0.1) is 5.69 Å². The van der Waals surface area contributed by atoms with Crippen molar-refractivity contribution in [2.24, 2.45) is 0 Å². The van der Waals surface area contributed by atoms with E-state index in [9.17, 15) is 0 Å². The monoisotopic (exact) mass is 213 g/mol. The van der Waals surface area contributed by atoms with E-state index in [-0.39, 0.29) is 12.6 Å². The maximum atomic E-state index is 8.81. The maximum absolute atomic E-state index is 8.81. The van der Waals surface area contributed by atoms with Gasteiger partial charge in [0.15, 0.2) is 5.82 Å². The Morgan fingerprint density at radius 3 is 3.21 bits per heavy atom. The predicted octanol–water partition coefficient (Wildman–Crippen LogP) is 1.32. The highest BCUT2D eigenvalue weighted by molar-refractivity contribution is 6.29. The van der Waals surface area contributed by atoms with Crippen LogP contribution in [0.25, 0.3) is 0 Å². The average molecular weight is 214 g/mol. The first-order valence-electron chi connectivity index (χ1n) is 4.57. The molecule has 0 saturated carbocycles. The van der Waals surface area contributed by atoms with Gasteiger partial charge < -0.3 is 15.7 Å². The van der Waals surface area contributed by atoms with Crippen LogP contribution in [0.4, 0.5) is 11.5 Å². The summed E-state index contributed by atoms with van der Waals surface area (Å²) in [6.45, 7) is 0.978. The lowest BCUT2D eigenvalue weighted by molar-refractivity contribution is 0.280. The second kappa shape index (κ2) is 4.02. The number of hydrogen-bond acceptors (Lipinski definition) is 4. The second-order valence-electron chi connectivity index (χ2n) is 3.26. The molecule has 0 fully saturated rings. The first kappa shape index (κ1) is 9.55. The van der Waals surface area contributed by atoms with Crippen LogP contribution in [0.1, 0.15) is 6.42 Å². The summed E-state index contributed by atoms with van der Waals surface area (Å²) in [6, 6.07) is 3.87. The first-order valence-corrected chi connectivity index (χ1v) is 4.95. The van der Waals surface area contributed by atoms with Crippen molar-refractivity contribution in [2.75, 3.05) is 23.8 Å². The van der Waals surface area contributed by atoms with Crippen LogP contribution in [0, 0.1) is 0 Å². The van der Waals surface area contributed by atoms with E-state index in [0.29, 0.717) is 11.6 Å². The molecule has 1 atom stereocenters. The quantitative estimate of drug-likeness (QED) is 0.649. The number of halogens is 1. The minimum Gasteiger partial charge on any atom is -0.396 e. The van der Waals surface area contributed by atoms with E-state index in [1.54, 1.807) is 6.07 Å². The molecule has 2 heterocycles. The van der Waals surface area contributed by atoms with Crippen LogP contribution < -0.4 is 10.6 Å². The van der Waals surface area contributed by atoms with Crippen molar-refractivity contribution in [2.45, 2.75) is 12.5 Å². The number of nitrogens with one attached hydrogen (secondary N) is 2. The van der Waals surface area contributed by atoms with Gasteiger partial charge in [-0.2, -0.15) is 0 Å². The topological polar surface area (TPSA) is 57.2 Å². The number of pyridine rings is 1. The number of anilines is 2. The smallest absolute Gasteiger partial charge is 0.151 e. The van der Waals surface area contributed by atoms with Crippen LogP contribution in [0.2, 0.25) is 5.15 Å². The van der Waals surface area contributed by atoms with Crippen LogP contribution in [-0.2, 0) is 0 Å². The Balaban J connectivity index is 2.16. The molecule has 0 aliphatic carbocycles. The van der Waals surface area contributed by atoms with Crippen molar-refractivity contribution in [3.05, 3.63) is 17.3 Å².